The number of benzene rings is 1. The number of hydrogen-bond donors (Lipinski definition) is 2. The third kappa shape index (κ3) is 2.09. The highest BCUT2D eigenvalue weighted by Gasteiger charge is 2.48. The van der Waals surface area contributed by atoms with Crippen LogP contribution in [0.5, 0.6) is 0 Å². The van der Waals surface area contributed by atoms with Gasteiger partial charge >= 0.3 is 5.97 Å². The molecule has 0 spiro atoms. The van der Waals surface area contributed by atoms with Gasteiger partial charge in [0.15, 0.2) is 0 Å². The molecule has 2 N–H and O–H groups in total. The van der Waals surface area contributed by atoms with Gasteiger partial charge in [-0.05, 0) is 31.4 Å². The summed E-state index contributed by atoms with van der Waals surface area (Å²) in [6.45, 7) is 1.96. The molecule has 0 unspecified atom stereocenters. The molecule has 0 atom stereocenters. The fourth-order valence-electron chi connectivity index (χ4n) is 2.15. The Morgan fingerprint density at radius 3 is 2.71 bits per heavy atom. The highest BCUT2D eigenvalue weighted by atomic mass is 16.4. The van der Waals surface area contributed by atoms with Crippen LogP contribution in [0.3, 0.4) is 0 Å². The SMILES string of the molecule is Cc1ccccc1NC1(C#N)CC(C(=O)O)C1. The Kier molecular flexibility index (Phi) is 2.76. The zero-order valence-corrected chi connectivity index (χ0v) is 9.60. The average molecular weight is 230 g/mol. The van der Waals surface area contributed by atoms with Crippen molar-refractivity contribution in [1.29, 1.82) is 5.26 Å². The average Bonchev–Trinajstić information content (AvgIpc) is 2.25. The number of aliphatic carboxylic acids is 1. The monoisotopic (exact) mass is 230 g/mol. The van der Waals surface area contributed by atoms with E-state index >= 15 is 0 Å². The van der Waals surface area contributed by atoms with Gasteiger partial charge in [0.05, 0.1) is 12.0 Å². The predicted octanol–water partition coefficient (Wildman–Crippen LogP) is 2.16. The zero-order chi connectivity index (χ0) is 12.5. The third-order valence-electron chi connectivity index (χ3n) is 3.27. The van der Waals surface area contributed by atoms with Crippen LogP contribution in [0, 0.1) is 24.2 Å². The molecule has 0 bridgehead atoms. The topological polar surface area (TPSA) is 73.1 Å². The molecule has 1 saturated carbocycles. The van der Waals surface area contributed by atoms with Gasteiger partial charge in [-0.3, -0.25) is 4.79 Å². The molecule has 4 nitrogen and oxygen atoms in total. The molecule has 0 aromatic heterocycles. The molecule has 1 aromatic rings. The molecule has 0 amide bonds. The van der Waals surface area contributed by atoms with Crippen molar-refractivity contribution < 1.29 is 9.90 Å². The fourth-order valence-corrected chi connectivity index (χ4v) is 2.15. The second kappa shape index (κ2) is 4.10. The maximum Gasteiger partial charge on any atom is 0.306 e. The smallest absolute Gasteiger partial charge is 0.306 e. The Morgan fingerprint density at radius 2 is 2.18 bits per heavy atom. The van der Waals surface area contributed by atoms with Crippen molar-refractivity contribution in [3.8, 4) is 6.07 Å². The Labute approximate surface area is 99.9 Å². The number of aryl methyl sites for hydroxylation is 1. The number of nitriles is 1. The molecule has 1 aromatic carbocycles. The second-order valence-corrected chi connectivity index (χ2v) is 4.58. The lowest BCUT2D eigenvalue weighted by molar-refractivity contribution is -0.145. The molecule has 1 aliphatic carbocycles. The second-order valence-electron chi connectivity index (χ2n) is 4.58. The first-order valence-corrected chi connectivity index (χ1v) is 5.54. The largest absolute Gasteiger partial charge is 0.481 e. The number of carboxylic acid groups (broad SMARTS) is 1. The molecule has 0 heterocycles. The number of nitrogens with one attached hydrogen (secondary N) is 1. The first-order chi connectivity index (χ1) is 8.06. The molecule has 1 fully saturated rings. The van der Waals surface area contributed by atoms with Crippen molar-refractivity contribution in [2.24, 2.45) is 5.92 Å². The van der Waals surface area contributed by atoms with Gasteiger partial charge in [-0.2, -0.15) is 5.26 Å². The van der Waals surface area contributed by atoms with Crippen molar-refractivity contribution in [1.82, 2.24) is 0 Å². The van der Waals surface area contributed by atoms with E-state index < -0.39 is 17.4 Å². The first-order valence-electron chi connectivity index (χ1n) is 5.54. The molecule has 1 aliphatic rings. The molecule has 17 heavy (non-hydrogen) atoms. The standard InChI is InChI=1S/C13H14N2O2/c1-9-4-2-3-5-11(9)15-13(8-14)6-10(7-13)12(16)17/h2-5,10,15H,6-7H2,1H3,(H,16,17). The van der Waals surface area contributed by atoms with Crippen LogP contribution < -0.4 is 5.32 Å². The lowest BCUT2D eigenvalue weighted by Crippen LogP contribution is -2.51. The van der Waals surface area contributed by atoms with Gasteiger partial charge in [-0.1, -0.05) is 18.2 Å². The van der Waals surface area contributed by atoms with Crippen LogP contribution in [0.25, 0.3) is 0 Å². The van der Waals surface area contributed by atoms with Gasteiger partial charge in [-0.15, -0.1) is 0 Å². The van der Waals surface area contributed by atoms with E-state index in [1.165, 1.54) is 0 Å². The Bertz CT molecular complexity index is 484. The summed E-state index contributed by atoms with van der Waals surface area (Å²) < 4.78 is 0. The number of hydrogen-bond acceptors (Lipinski definition) is 3. The van der Waals surface area contributed by atoms with Gasteiger partial charge in [-0.25, -0.2) is 0 Å². The molecule has 2 rings (SSSR count). The summed E-state index contributed by atoms with van der Waals surface area (Å²) >= 11 is 0. The minimum Gasteiger partial charge on any atom is -0.481 e. The lowest BCUT2D eigenvalue weighted by atomic mass is 9.69. The Balaban J connectivity index is 2.11. The summed E-state index contributed by atoms with van der Waals surface area (Å²) in [5.74, 6) is -1.21. The van der Waals surface area contributed by atoms with Gasteiger partial charge < -0.3 is 10.4 Å². The van der Waals surface area contributed by atoms with E-state index in [9.17, 15) is 10.1 Å². The predicted molar refractivity (Wildman–Crippen MR) is 63.5 cm³/mol. The molecular formula is C13H14N2O2. The molecule has 88 valence electrons. The van der Waals surface area contributed by atoms with Crippen LogP contribution in [-0.4, -0.2) is 16.6 Å². The first kappa shape index (κ1) is 11.5. The Morgan fingerprint density at radius 1 is 1.53 bits per heavy atom. The van der Waals surface area contributed by atoms with Gasteiger partial charge in [0.25, 0.3) is 0 Å². The van der Waals surface area contributed by atoms with Crippen LogP contribution in [-0.2, 0) is 4.79 Å². The van der Waals surface area contributed by atoms with E-state index in [-0.39, 0.29) is 0 Å². The summed E-state index contributed by atoms with van der Waals surface area (Å²) in [5, 5.41) is 21.2. The van der Waals surface area contributed by atoms with Crippen LogP contribution in [0.1, 0.15) is 18.4 Å². The number of para-hydroxylation sites is 1. The van der Waals surface area contributed by atoms with E-state index in [4.69, 9.17) is 5.11 Å². The van der Waals surface area contributed by atoms with Gasteiger partial charge in [0, 0.05) is 5.69 Å². The normalized spacial score (nSPS) is 26.7. The van der Waals surface area contributed by atoms with Crippen molar-refractivity contribution in [3.63, 3.8) is 0 Å². The number of carboxylic acids is 1. The summed E-state index contributed by atoms with van der Waals surface area (Å²) in [4.78, 5) is 10.8. The van der Waals surface area contributed by atoms with E-state index in [1.807, 2.05) is 31.2 Å². The van der Waals surface area contributed by atoms with E-state index in [0.717, 1.165) is 11.3 Å². The van der Waals surface area contributed by atoms with E-state index in [1.54, 1.807) is 0 Å². The molecular weight excluding hydrogens is 216 g/mol. The van der Waals surface area contributed by atoms with E-state index in [0.29, 0.717) is 12.8 Å². The van der Waals surface area contributed by atoms with Crippen LogP contribution in [0.4, 0.5) is 5.69 Å². The van der Waals surface area contributed by atoms with Crippen molar-refractivity contribution in [3.05, 3.63) is 29.8 Å². The minimum absolute atomic E-state index is 0.368. The van der Waals surface area contributed by atoms with Gasteiger partial charge in [0.1, 0.15) is 5.54 Å². The highest BCUT2D eigenvalue weighted by Crippen LogP contribution is 2.40. The van der Waals surface area contributed by atoms with Crippen molar-refractivity contribution in [2.75, 3.05) is 5.32 Å². The maximum atomic E-state index is 10.8. The summed E-state index contributed by atoms with van der Waals surface area (Å²) in [6, 6.07) is 9.89. The number of carbonyl (C=O) groups is 1. The number of anilines is 1. The third-order valence-corrected chi connectivity index (χ3v) is 3.27. The van der Waals surface area contributed by atoms with Crippen LogP contribution >= 0.6 is 0 Å². The quantitative estimate of drug-likeness (QED) is 0.834. The van der Waals surface area contributed by atoms with E-state index in [2.05, 4.69) is 11.4 Å². The van der Waals surface area contributed by atoms with Crippen LogP contribution in [0.15, 0.2) is 24.3 Å². The lowest BCUT2D eigenvalue weighted by Gasteiger charge is -2.41. The molecule has 4 heteroatoms. The number of rotatable bonds is 3. The van der Waals surface area contributed by atoms with Crippen molar-refractivity contribution >= 4 is 11.7 Å². The van der Waals surface area contributed by atoms with Gasteiger partial charge in [0.2, 0.25) is 0 Å². The zero-order valence-electron chi connectivity index (χ0n) is 9.60. The minimum atomic E-state index is -0.817. The molecule has 0 saturated heterocycles. The fraction of sp³-hybridized carbons (Fsp3) is 0.385. The molecule has 0 aliphatic heterocycles. The highest BCUT2D eigenvalue weighted by molar-refractivity contribution is 5.73. The van der Waals surface area contributed by atoms with Crippen LogP contribution in [0.2, 0.25) is 0 Å². The Hall–Kier alpha value is -2.02. The number of nitrogens with zero attached hydrogens (tertiary/aromatic N) is 1. The molecule has 0 radical (unpaired) electrons. The maximum absolute atomic E-state index is 10.8. The van der Waals surface area contributed by atoms with Crippen molar-refractivity contribution in [2.45, 2.75) is 25.3 Å². The summed E-state index contributed by atoms with van der Waals surface area (Å²) in [5.41, 5.74) is 1.24. The summed E-state index contributed by atoms with van der Waals surface area (Å²) in [7, 11) is 0. The summed E-state index contributed by atoms with van der Waals surface area (Å²) in [6.07, 6.45) is 0.736.